The Kier molecular flexibility index (Phi) is 26.7. The maximum Gasteiger partial charge on any atom is 0.167 e. The smallest absolute Gasteiger partial charge is 0.167 e. The van der Waals surface area contributed by atoms with Gasteiger partial charge in [0.25, 0.3) is 0 Å². The number of ketones is 1. The van der Waals surface area contributed by atoms with Crippen LogP contribution in [-0.2, 0) is 32.7 Å². The molecule has 1 saturated carbocycles. The fourth-order valence-corrected chi connectivity index (χ4v) is 6.15. The van der Waals surface area contributed by atoms with Crippen LogP contribution in [0.15, 0.2) is 59.1 Å². The number of benzene rings is 2. The van der Waals surface area contributed by atoms with Gasteiger partial charge in [-0.25, -0.2) is 0 Å². The fourth-order valence-electron chi connectivity index (χ4n) is 6.15. The van der Waals surface area contributed by atoms with Crippen LogP contribution in [0.3, 0.4) is 0 Å². The normalized spacial score (nSPS) is 17.9. The Morgan fingerprint density at radius 1 is 0.826 bits per heavy atom. The van der Waals surface area contributed by atoms with E-state index in [0.717, 1.165) is 61.9 Å². The van der Waals surface area contributed by atoms with Crippen molar-refractivity contribution < 1.29 is 42.0 Å². The number of likely N-dealkylation sites (tertiary alicyclic amines) is 1. The van der Waals surface area contributed by atoms with Gasteiger partial charge in [-0.2, -0.15) is 0 Å². The second-order valence-corrected chi connectivity index (χ2v) is 11.3. The molecule has 0 amide bonds. The van der Waals surface area contributed by atoms with Crippen LogP contribution in [-0.4, -0.2) is 60.0 Å². The van der Waals surface area contributed by atoms with Crippen LogP contribution in [0.25, 0.3) is 11.0 Å². The van der Waals surface area contributed by atoms with Crippen LogP contribution in [0.1, 0.15) is 122 Å². The van der Waals surface area contributed by atoms with Crippen LogP contribution in [0.2, 0.25) is 0 Å². The third-order valence-corrected chi connectivity index (χ3v) is 8.85. The number of nitrogens with zero attached hydrogens (tertiary/aromatic N) is 3. The van der Waals surface area contributed by atoms with Crippen molar-refractivity contribution in [3.8, 4) is 0 Å². The summed E-state index contributed by atoms with van der Waals surface area (Å²) in [6, 6.07) is 18.0. The zero-order chi connectivity index (χ0) is 33.5. The molecular weight excluding hydrogens is 643 g/mol. The molecule has 6 heteroatoms. The molecule has 1 aromatic heterocycles. The van der Waals surface area contributed by atoms with Crippen LogP contribution in [0.5, 0.6) is 0 Å². The molecule has 2 heterocycles. The molecule has 0 bridgehead atoms. The van der Waals surface area contributed by atoms with Gasteiger partial charge in [0.05, 0.1) is 5.69 Å². The molecule has 1 aliphatic carbocycles. The zero-order valence-corrected chi connectivity index (χ0v) is 33.3. The molecule has 2 aliphatic rings. The van der Waals surface area contributed by atoms with E-state index in [2.05, 4.69) is 47.9 Å². The van der Waals surface area contributed by atoms with E-state index in [1.54, 1.807) is 0 Å². The Morgan fingerprint density at radius 3 is 1.91 bits per heavy atom. The number of carbonyl (C=O) groups is 1. The predicted octanol–water partition coefficient (Wildman–Crippen LogP) is 10.5. The predicted molar refractivity (Wildman–Crippen MR) is 195 cm³/mol. The van der Waals surface area contributed by atoms with Gasteiger partial charge in [0.15, 0.2) is 11.4 Å². The monoisotopic (exact) mass is 708 g/mol. The fraction of sp³-hybridized carbons (Fsp3) is 0.600. The van der Waals surface area contributed by atoms with Crippen LogP contribution in [0, 0.1) is 25.7 Å². The number of hydrogen-bond acceptors (Lipinski definition) is 5. The van der Waals surface area contributed by atoms with E-state index in [-0.39, 0.29) is 32.7 Å². The second kappa shape index (κ2) is 27.5. The summed E-state index contributed by atoms with van der Waals surface area (Å²) in [5.41, 5.74) is 2.94. The Labute approximate surface area is 308 Å². The minimum absolute atomic E-state index is 0. The first-order valence-corrected chi connectivity index (χ1v) is 18.1. The molecule has 3 aromatic rings. The summed E-state index contributed by atoms with van der Waals surface area (Å²) in [7, 11) is 0. The van der Waals surface area contributed by atoms with Gasteiger partial charge in [-0.15, -0.1) is 13.1 Å². The number of rotatable bonds is 10. The van der Waals surface area contributed by atoms with Gasteiger partial charge in [0, 0.05) is 56.0 Å². The van der Waals surface area contributed by atoms with Gasteiger partial charge in [-0.05, 0) is 82.3 Å². The summed E-state index contributed by atoms with van der Waals surface area (Å²) in [4.78, 5) is 17.3. The summed E-state index contributed by atoms with van der Waals surface area (Å²) < 4.78 is 5.53. The van der Waals surface area contributed by atoms with Crippen LogP contribution >= 0.6 is 0 Å². The molecule has 5 nitrogen and oxygen atoms in total. The van der Waals surface area contributed by atoms with Crippen molar-refractivity contribution in [1.29, 1.82) is 0 Å². The van der Waals surface area contributed by atoms with Crippen molar-refractivity contribution in [3.63, 3.8) is 0 Å². The number of Topliss-reactive ketones (excluding diaryl/α,β-unsaturated/α-hetero) is 1. The van der Waals surface area contributed by atoms with Crippen molar-refractivity contribution in [2.24, 2.45) is 11.8 Å². The van der Waals surface area contributed by atoms with Crippen molar-refractivity contribution in [3.05, 3.63) is 79.7 Å². The number of para-hydroxylation sites is 1. The zero-order valence-electron chi connectivity index (χ0n) is 30.5. The largest absolute Gasteiger partial charge is 0.363 e. The number of carbonyl (C=O) groups excluding carboxylic acids is 1. The molecule has 0 N–H and O–H groups in total. The maximum absolute atomic E-state index is 12.5. The van der Waals surface area contributed by atoms with Gasteiger partial charge >= 0.3 is 0 Å². The van der Waals surface area contributed by atoms with E-state index in [9.17, 15) is 4.79 Å². The third kappa shape index (κ3) is 15.2. The second-order valence-electron chi connectivity index (χ2n) is 11.3. The van der Waals surface area contributed by atoms with Crippen LogP contribution in [0.4, 0.5) is 0 Å². The molecular formula is C40H65N3O2Y-2. The molecule has 257 valence electrons. The number of aromatic nitrogens is 1. The molecule has 0 spiro atoms. The molecule has 1 aliphatic heterocycles. The maximum atomic E-state index is 12.5. The van der Waals surface area contributed by atoms with Crippen molar-refractivity contribution in [2.75, 3.05) is 39.3 Å². The Hall–Kier alpha value is -1.40. The molecule has 5 rings (SSSR count). The average Bonchev–Trinajstić information content (AvgIpc) is 3.56. The van der Waals surface area contributed by atoms with E-state index in [4.69, 9.17) is 4.52 Å². The first kappa shape index (κ1) is 44.6. The molecule has 0 unspecified atom stereocenters. The average molecular weight is 709 g/mol. The first-order chi connectivity index (χ1) is 22.1. The Bertz CT molecular complexity index is 1110. The molecule has 1 radical (unpaired) electrons. The van der Waals surface area contributed by atoms with E-state index >= 15 is 0 Å². The van der Waals surface area contributed by atoms with Gasteiger partial charge in [0.1, 0.15) is 0 Å². The summed E-state index contributed by atoms with van der Waals surface area (Å²) in [5.74, 6) is 2.24. The van der Waals surface area contributed by atoms with Gasteiger partial charge < -0.3 is 28.2 Å². The summed E-state index contributed by atoms with van der Waals surface area (Å²) >= 11 is 0. The molecule has 2 aromatic carbocycles. The van der Waals surface area contributed by atoms with E-state index in [0.29, 0.717) is 17.6 Å². The van der Waals surface area contributed by atoms with Crippen LogP contribution < -0.4 is 0 Å². The summed E-state index contributed by atoms with van der Waals surface area (Å²) in [5, 5.41) is 5.58. The standard InChI is InChI=1S/C28H34N2O2.C6H13N.3C2H6.Y/c31-26(23-6-2-1-3-7-23)20-22-12-10-21(11-13-22)14-17-30-18-15-24(16-19-30)28-25-8-4-5-9-27(25)32-29-28;1-4-7(5-2)6-3;3*1-2;/h1-9,21-22,24H,10-20H2;1-2,4-6H2,3H3;3*1-2H3;/q;-2;;;;. The first-order valence-electron chi connectivity index (χ1n) is 18.1. The summed E-state index contributed by atoms with van der Waals surface area (Å²) in [6.07, 6.45) is 9.37. The molecule has 46 heavy (non-hydrogen) atoms. The number of fused-ring (bicyclic) bond motifs is 1. The Balaban J connectivity index is 0.00000126. The molecule has 1 saturated heterocycles. The van der Waals surface area contributed by atoms with E-state index in [1.807, 2.05) is 84.0 Å². The topological polar surface area (TPSA) is 49.6 Å². The van der Waals surface area contributed by atoms with Crippen molar-refractivity contribution in [1.82, 2.24) is 15.0 Å². The van der Waals surface area contributed by atoms with Crippen molar-refractivity contribution in [2.45, 2.75) is 106 Å². The number of hydrogen-bond donors (Lipinski definition) is 0. The third-order valence-electron chi connectivity index (χ3n) is 8.85. The van der Waals surface area contributed by atoms with Gasteiger partial charge in [-0.1, -0.05) is 109 Å². The van der Waals surface area contributed by atoms with E-state index in [1.165, 1.54) is 56.9 Å². The van der Waals surface area contributed by atoms with Gasteiger partial charge in [-0.3, -0.25) is 4.79 Å². The van der Waals surface area contributed by atoms with E-state index < -0.39 is 0 Å². The van der Waals surface area contributed by atoms with Gasteiger partial charge in [0.2, 0.25) is 0 Å². The quantitative estimate of drug-likeness (QED) is 0.155. The Morgan fingerprint density at radius 2 is 1.37 bits per heavy atom. The summed E-state index contributed by atoms with van der Waals surface area (Å²) in [6.45, 7) is 27.9. The SMILES string of the molecule is CC.CC.CC.O=C(CC1CCC(CCN2CCC(c3noc4ccccc34)CC2)CC1)c1ccccc1.[CH2-]CN(C[CH2-])CC.[Y]. The minimum Gasteiger partial charge on any atom is -0.363 e. The van der Waals surface area contributed by atoms with Crippen molar-refractivity contribution >= 4 is 16.8 Å². The molecule has 2 fully saturated rings. The minimum atomic E-state index is 0. The molecule has 0 atom stereocenters. The number of piperidine rings is 1.